The molecule has 1 atom stereocenters. The van der Waals surface area contributed by atoms with Gasteiger partial charge in [0.15, 0.2) is 0 Å². The Kier molecular flexibility index (Phi) is 5.68. The lowest BCUT2D eigenvalue weighted by Crippen LogP contribution is -2.41. The summed E-state index contributed by atoms with van der Waals surface area (Å²) >= 11 is 0. The van der Waals surface area contributed by atoms with Crippen molar-refractivity contribution in [2.75, 3.05) is 51.3 Å². The average Bonchev–Trinajstić information content (AvgIpc) is 2.96. The number of pyridine rings is 1. The van der Waals surface area contributed by atoms with E-state index in [0.717, 1.165) is 64.6 Å². The van der Waals surface area contributed by atoms with Gasteiger partial charge in [-0.25, -0.2) is 9.97 Å². The maximum absolute atomic E-state index is 5.53. The predicted octanol–water partition coefficient (Wildman–Crippen LogP) is 1.05. The van der Waals surface area contributed by atoms with Crippen LogP contribution in [0.3, 0.4) is 0 Å². The normalized spacial score (nSPS) is 19.4. The van der Waals surface area contributed by atoms with Gasteiger partial charge >= 0.3 is 0 Å². The second kappa shape index (κ2) is 8.53. The minimum absolute atomic E-state index is 0.274. The molecule has 0 bridgehead atoms. The van der Waals surface area contributed by atoms with Crippen LogP contribution in [0.25, 0.3) is 0 Å². The van der Waals surface area contributed by atoms with E-state index in [1.807, 2.05) is 12.4 Å². The van der Waals surface area contributed by atoms with E-state index in [-0.39, 0.29) is 6.04 Å². The Morgan fingerprint density at radius 1 is 1.12 bits per heavy atom. The number of hydrogen-bond donors (Lipinski definition) is 2. The molecular weight excluding hydrogens is 328 g/mol. The summed E-state index contributed by atoms with van der Waals surface area (Å²) in [7, 11) is 0. The van der Waals surface area contributed by atoms with Crippen LogP contribution in [0, 0.1) is 0 Å². The molecule has 1 fully saturated rings. The SMILES string of the molecule is c1cc([C@@H](CNc2ncnc3c2CCNCC3)N2CCOCC2)ccn1. The van der Waals surface area contributed by atoms with Crippen molar-refractivity contribution in [3.63, 3.8) is 0 Å². The summed E-state index contributed by atoms with van der Waals surface area (Å²) in [5.74, 6) is 0.978. The van der Waals surface area contributed by atoms with Crippen LogP contribution in [0.2, 0.25) is 0 Å². The monoisotopic (exact) mass is 354 g/mol. The minimum atomic E-state index is 0.274. The molecule has 2 aromatic rings. The molecule has 0 spiro atoms. The number of aromatic nitrogens is 3. The van der Waals surface area contributed by atoms with E-state index in [1.54, 1.807) is 6.33 Å². The zero-order chi connectivity index (χ0) is 17.6. The zero-order valence-corrected chi connectivity index (χ0v) is 15.0. The van der Waals surface area contributed by atoms with E-state index < -0.39 is 0 Å². The van der Waals surface area contributed by atoms with Gasteiger partial charge in [0.1, 0.15) is 12.1 Å². The Hall–Kier alpha value is -2.09. The van der Waals surface area contributed by atoms with E-state index in [9.17, 15) is 0 Å². The third-order valence-electron chi connectivity index (χ3n) is 5.17. The van der Waals surface area contributed by atoms with Gasteiger partial charge in [-0.1, -0.05) is 0 Å². The lowest BCUT2D eigenvalue weighted by atomic mass is 10.1. The van der Waals surface area contributed by atoms with Gasteiger partial charge < -0.3 is 15.4 Å². The van der Waals surface area contributed by atoms with Crippen LogP contribution in [-0.4, -0.2) is 65.8 Å². The molecule has 0 amide bonds. The molecule has 1 saturated heterocycles. The number of anilines is 1. The Labute approximate surface area is 154 Å². The van der Waals surface area contributed by atoms with E-state index >= 15 is 0 Å². The smallest absolute Gasteiger partial charge is 0.132 e. The summed E-state index contributed by atoms with van der Waals surface area (Å²) in [4.78, 5) is 15.7. The van der Waals surface area contributed by atoms with Crippen LogP contribution in [0.15, 0.2) is 30.9 Å². The molecule has 7 nitrogen and oxygen atoms in total. The van der Waals surface area contributed by atoms with E-state index in [4.69, 9.17) is 4.74 Å². The molecule has 0 saturated carbocycles. The summed E-state index contributed by atoms with van der Waals surface area (Å²) in [6, 6.07) is 4.48. The third kappa shape index (κ3) is 4.00. The number of rotatable bonds is 5. The highest BCUT2D eigenvalue weighted by molar-refractivity contribution is 5.47. The van der Waals surface area contributed by atoms with Gasteiger partial charge in [-0.2, -0.15) is 0 Å². The molecule has 4 rings (SSSR count). The van der Waals surface area contributed by atoms with Gasteiger partial charge in [-0.15, -0.1) is 0 Å². The van der Waals surface area contributed by atoms with Crippen molar-refractivity contribution < 1.29 is 4.74 Å². The van der Waals surface area contributed by atoms with E-state index in [0.29, 0.717) is 0 Å². The highest BCUT2D eigenvalue weighted by atomic mass is 16.5. The molecule has 26 heavy (non-hydrogen) atoms. The Morgan fingerprint density at radius 2 is 1.92 bits per heavy atom. The minimum Gasteiger partial charge on any atom is -0.379 e. The molecule has 2 N–H and O–H groups in total. The van der Waals surface area contributed by atoms with Gasteiger partial charge in [0.25, 0.3) is 0 Å². The van der Waals surface area contributed by atoms with Crippen molar-refractivity contribution >= 4 is 5.82 Å². The number of ether oxygens (including phenoxy) is 1. The van der Waals surface area contributed by atoms with Gasteiger partial charge in [-0.05, 0) is 30.7 Å². The Balaban J connectivity index is 1.53. The molecule has 2 aliphatic rings. The maximum Gasteiger partial charge on any atom is 0.132 e. The maximum atomic E-state index is 5.53. The molecule has 0 radical (unpaired) electrons. The lowest BCUT2D eigenvalue weighted by Gasteiger charge is -2.35. The quantitative estimate of drug-likeness (QED) is 0.831. The Morgan fingerprint density at radius 3 is 2.77 bits per heavy atom. The van der Waals surface area contributed by atoms with Gasteiger partial charge in [-0.3, -0.25) is 9.88 Å². The van der Waals surface area contributed by atoms with Crippen molar-refractivity contribution in [1.82, 2.24) is 25.2 Å². The van der Waals surface area contributed by atoms with Crippen LogP contribution in [0.4, 0.5) is 5.82 Å². The summed E-state index contributed by atoms with van der Waals surface area (Å²) in [6.45, 7) is 6.23. The molecular formula is C19H26N6O. The topological polar surface area (TPSA) is 75.2 Å². The fraction of sp³-hybridized carbons (Fsp3) is 0.526. The molecule has 0 aliphatic carbocycles. The van der Waals surface area contributed by atoms with Crippen LogP contribution >= 0.6 is 0 Å². The first kappa shape index (κ1) is 17.3. The van der Waals surface area contributed by atoms with Crippen molar-refractivity contribution in [2.45, 2.75) is 18.9 Å². The molecule has 0 aromatic carbocycles. The standard InChI is InChI=1S/C19H26N6O/c1-5-20-6-2-15(1)18(25-9-11-26-12-10-25)13-22-19-16-3-7-21-8-4-17(16)23-14-24-19/h1-2,5-6,14,18,21H,3-4,7-13H2,(H,22,23,24)/t18-/m1/s1. The van der Waals surface area contributed by atoms with E-state index in [1.165, 1.54) is 16.8 Å². The average molecular weight is 354 g/mol. The molecule has 2 aliphatic heterocycles. The molecule has 0 unspecified atom stereocenters. The van der Waals surface area contributed by atoms with Crippen molar-refractivity contribution in [2.24, 2.45) is 0 Å². The van der Waals surface area contributed by atoms with Crippen LogP contribution in [-0.2, 0) is 17.6 Å². The number of fused-ring (bicyclic) bond motifs is 1. The summed E-state index contributed by atoms with van der Waals surface area (Å²) < 4.78 is 5.53. The summed E-state index contributed by atoms with van der Waals surface area (Å²) in [5, 5.41) is 7.05. The first-order valence-electron chi connectivity index (χ1n) is 9.41. The fourth-order valence-corrected chi connectivity index (χ4v) is 3.75. The fourth-order valence-electron chi connectivity index (χ4n) is 3.75. The first-order valence-corrected chi connectivity index (χ1v) is 9.41. The number of nitrogens with zero attached hydrogens (tertiary/aromatic N) is 4. The number of nitrogens with one attached hydrogen (secondary N) is 2. The van der Waals surface area contributed by atoms with Gasteiger partial charge in [0.2, 0.25) is 0 Å². The van der Waals surface area contributed by atoms with Crippen LogP contribution < -0.4 is 10.6 Å². The zero-order valence-electron chi connectivity index (χ0n) is 15.0. The largest absolute Gasteiger partial charge is 0.379 e. The first-order chi connectivity index (χ1) is 12.9. The Bertz CT molecular complexity index is 704. The highest BCUT2D eigenvalue weighted by Crippen LogP contribution is 2.24. The van der Waals surface area contributed by atoms with Gasteiger partial charge in [0, 0.05) is 50.6 Å². The highest BCUT2D eigenvalue weighted by Gasteiger charge is 2.23. The van der Waals surface area contributed by atoms with Crippen LogP contribution in [0.1, 0.15) is 22.9 Å². The van der Waals surface area contributed by atoms with Gasteiger partial charge in [0.05, 0.1) is 24.9 Å². The van der Waals surface area contributed by atoms with E-state index in [2.05, 4.69) is 42.6 Å². The predicted molar refractivity (Wildman–Crippen MR) is 100 cm³/mol. The lowest BCUT2D eigenvalue weighted by molar-refractivity contribution is 0.0187. The molecule has 4 heterocycles. The number of hydrogen-bond acceptors (Lipinski definition) is 7. The second-order valence-corrected chi connectivity index (χ2v) is 6.72. The molecule has 7 heteroatoms. The number of morpholine rings is 1. The molecule has 138 valence electrons. The third-order valence-corrected chi connectivity index (χ3v) is 5.17. The van der Waals surface area contributed by atoms with Crippen LogP contribution in [0.5, 0.6) is 0 Å². The summed E-state index contributed by atoms with van der Waals surface area (Å²) in [5.41, 5.74) is 3.70. The summed E-state index contributed by atoms with van der Waals surface area (Å²) in [6.07, 6.45) is 7.35. The van der Waals surface area contributed by atoms with Crippen molar-refractivity contribution in [1.29, 1.82) is 0 Å². The second-order valence-electron chi connectivity index (χ2n) is 6.72. The molecule has 2 aromatic heterocycles. The van der Waals surface area contributed by atoms with Crippen molar-refractivity contribution in [3.05, 3.63) is 47.7 Å². The van der Waals surface area contributed by atoms with Crippen molar-refractivity contribution in [3.8, 4) is 0 Å².